The predicted octanol–water partition coefficient (Wildman–Crippen LogP) is 2.85. The first-order chi connectivity index (χ1) is 6.00. The fourth-order valence-electron chi connectivity index (χ4n) is 0.780. The Bertz CT molecular complexity index is 359. The molecule has 0 radical (unpaired) electrons. The van der Waals surface area contributed by atoms with Crippen molar-refractivity contribution in [3.63, 3.8) is 0 Å². The van der Waals surface area contributed by atoms with Gasteiger partial charge in [0.1, 0.15) is 5.82 Å². The minimum absolute atomic E-state index is 0.121. The molecule has 3 N–H and O–H groups in total. The molecule has 0 saturated carbocycles. The van der Waals surface area contributed by atoms with Crippen LogP contribution in [0.25, 0.3) is 0 Å². The molecule has 0 aliphatic rings. The second kappa shape index (κ2) is 4.52. The van der Waals surface area contributed by atoms with Gasteiger partial charge in [0, 0.05) is 4.47 Å². The number of anilines is 1. The Morgan fingerprint density at radius 3 is 2.77 bits per heavy atom. The normalized spacial score (nSPS) is 9.77. The Balaban J connectivity index is 3.12. The van der Waals surface area contributed by atoms with Crippen molar-refractivity contribution < 1.29 is 4.39 Å². The van der Waals surface area contributed by atoms with E-state index in [9.17, 15) is 4.39 Å². The predicted molar refractivity (Wildman–Crippen MR) is 67.2 cm³/mol. The van der Waals surface area contributed by atoms with E-state index in [1.165, 1.54) is 12.1 Å². The second-order valence-corrected chi connectivity index (χ2v) is 4.61. The zero-order valence-corrected chi connectivity index (χ0v) is 10.8. The van der Waals surface area contributed by atoms with E-state index in [0.29, 0.717) is 10.2 Å². The van der Waals surface area contributed by atoms with Gasteiger partial charge in [0.2, 0.25) is 0 Å². The minimum Gasteiger partial charge on any atom is -0.376 e. The molecule has 0 fully saturated rings. The first-order valence-electron chi connectivity index (χ1n) is 3.21. The SMILES string of the molecule is NC(=S)Nc1cc(F)cc(Br)c1I. The van der Waals surface area contributed by atoms with E-state index >= 15 is 0 Å². The van der Waals surface area contributed by atoms with Crippen molar-refractivity contribution in [2.45, 2.75) is 0 Å². The molecule has 13 heavy (non-hydrogen) atoms. The quantitative estimate of drug-likeness (QED) is 0.451. The molecule has 0 bridgehead atoms. The van der Waals surface area contributed by atoms with Gasteiger partial charge in [-0.05, 0) is 62.9 Å². The molecule has 1 aromatic carbocycles. The molecule has 70 valence electrons. The summed E-state index contributed by atoms with van der Waals surface area (Å²) in [5.74, 6) is -0.342. The van der Waals surface area contributed by atoms with Crippen LogP contribution in [0, 0.1) is 9.39 Å². The number of hydrogen-bond donors (Lipinski definition) is 2. The largest absolute Gasteiger partial charge is 0.376 e. The average Bonchev–Trinajstić information content (AvgIpc) is 1.98. The third-order valence-electron chi connectivity index (χ3n) is 1.25. The summed E-state index contributed by atoms with van der Waals surface area (Å²) in [5.41, 5.74) is 5.84. The molecule has 0 aromatic heterocycles. The molecule has 0 saturated heterocycles. The molecule has 0 atom stereocenters. The number of thiocarbonyl (C=S) groups is 1. The zero-order valence-electron chi connectivity index (χ0n) is 6.27. The molecule has 0 aliphatic heterocycles. The van der Waals surface area contributed by atoms with Crippen LogP contribution in [-0.2, 0) is 0 Å². The topological polar surface area (TPSA) is 38.0 Å². The lowest BCUT2D eigenvalue weighted by atomic mass is 10.3. The number of halogens is 3. The molecule has 2 nitrogen and oxygen atoms in total. The monoisotopic (exact) mass is 374 g/mol. The van der Waals surface area contributed by atoms with Gasteiger partial charge in [-0.3, -0.25) is 0 Å². The third kappa shape index (κ3) is 3.03. The zero-order chi connectivity index (χ0) is 10.0. The van der Waals surface area contributed by atoms with Gasteiger partial charge in [-0.25, -0.2) is 4.39 Å². The maximum atomic E-state index is 12.9. The van der Waals surface area contributed by atoms with Crippen LogP contribution in [0.2, 0.25) is 0 Å². The molecule has 6 heteroatoms. The van der Waals surface area contributed by atoms with Crippen molar-refractivity contribution in [1.29, 1.82) is 0 Å². The number of nitrogens with two attached hydrogens (primary N) is 1. The molecular weight excluding hydrogens is 370 g/mol. The summed E-state index contributed by atoms with van der Waals surface area (Å²) in [4.78, 5) is 0. The molecule has 0 unspecified atom stereocenters. The van der Waals surface area contributed by atoms with E-state index in [-0.39, 0.29) is 10.9 Å². The summed E-state index contributed by atoms with van der Waals surface area (Å²) in [7, 11) is 0. The van der Waals surface area contributed by atoms with Crippen LogP contribution in [0.5, 0.6) is 0 Å². The Labute approximate surface area is 102 Å². The summed E-state index contributed by atoms with van der Waals surface area (Å²) in [5, 5.41) is 2.81. The van der Waals surface area contributed by atoms with Gasteiger partial charge in [0.15, 0.2) is 5.11 Å². The second-order valence-electron chi connectivity index (χ2n) is 2.24. The van der Waals surface area contributed by atoms with E-state index in [0.717, 1.165) is 3.57 Å². The number of rotatable bonds is 1. The van der Waals surface area contributed by atoms with Crippen molar-refractivity contribution >= 4 is 61.5 Å². The Morgan fingerprint density at radius 2 is 2.23 bits per heavy atom. The molecule has 0 amide bonds. The molecule has 1 aromatic rings. The van der Waals surface area contributed by atoms with Crippen molar-refractivity contribution in [3.8, 4) is 0 Å². The summed E-state index contributed by atoms with van der Waals surface area (Å²) in [6.07, 6.45) is 0. The van der Waals surface area contributed by atoms with Crippen LogP contribution in [0.4, 0.5) is 10.1 Å². The van der Waals surface area contributed by atoms with Crippen LogP contribution < -0.4 is 11.1 Å². The molecule has 1 rings (SSSR count). The molecule has 0 spiro atoms. The lowest BCUT2D eigenvalue weighted by molar-refractivity contribution is 0.627. The van der Waals surface area contributed by atoms with Crippen molar-refractivity contribution in [2.75, 3.05) is 5.32 Å². The van der Waals surface area contributed by atoms with Crippen molar-refractivity contribution in [1.82, 2.24) is 0 Å². The summed E-state index contributed by atoms with van der Waals surface area (Å²) < 4.78 is 14.4. The van der Waals surface area contributed by atoms with E-state index in [1.807, 2.05) is 0 Å². The smallest absolute Gasteiger partial charge is 0.168 e. The van der Waals surface area contributed by atoms with Gasteiger partial charge in [-0.15, -0.1) is 0 Å². The third-order valence-corrected chi connectivity index (χ3v) is 3.88. The van der Waals surface area contributed by atoms with Gasteiger partial charge in [0.25, 0.3) is 0 Å². The minimum atomic E-state index is -0.342. The lowest BCUT2D eigenvalue weighted by Crippen LogP contribution is -2.19. The van der Waals surface area contributed by atoms with Gasteiger partial charge < -0.3 is 11.1 Å². The molecular formula is C7H5BrFIN2S. The van der Waals surface area contributed by atoms with E-state index in [2.05, 4.69) is 56.1 Å². The van der Waals surface area contributed by atoms with Crippen LogP contribution >= 0.6 is 50.7 Å². The fraction of sp³-hybridized carbons (Fsp3) is 0. The van der Waals surface area contributed by atoms with Crippen molar-refractivity contribution in [3.05, 3.63) is 26.0 Å². The average molecular weight is 375 g/mol. The number of hydrogen-bond acceptors (Lipinski definition) is 1. The summed E-state index contributed by atoms with van der Waals surface area (Å²) >= 11 is 9.93. The summed E-state index contributed by atoms with van der Waals surface area (Å²) in [6.45, 7) is 0. The standard InChI is InChI=1S/C7H5BrFIN2S/c8-4-1-3(9)2-5(6(4)10)12-7(11)13/h1-2H,(H3,11,12,13). The fourth-order valence-corrected chi connectivity index (χ4v) is 1.77. The Morgan fingerprint density at radius 1 is 1.62 bits per heavy atom. The first-order valence-corrected chi connectivity index (χ1v) is 5.49. The van der Waals surface area contributed by atoms with Crippen LogP contribution in [0.1, 0.15) is 0 Å². The van der Waals surface area contributed by atoms with E-state index < -0.39 is 0 Å². The molecule has 0 aliphatic carbocycles. The van der Waals surface area contributed by atoms with E-state index in [1.54, 1.807) is 0 Å². The lowest BCUT2D eigenvalue weighted by Gasteiger charge is -2.07. The van der Waals surface area contributed by atoms with Gasteiger partial charge >= 0.3 is 0 Å². The highest BCUT2D eigenvalue weighted by atomic mass is 127. The van der Waals surface area contributed by atoms with Gasteiger partial charge in [-0.1, -0.05) is 0 Å². The van der Waals surface area contributed by atoms with Crippen LogP contribution in [0.15, 0.2) is 16.6 Å². The van der Waals surface area contributed by atoms with Crippen LogP contribution in [0.3, 0.4) is 0 Å². The van der Waals surface area contributed by atoms with Crippen molar-refractivity contribution in [2.24, 2.45) is 5.73 Å². The summed E-state index contributed by atoms with van der Waals surface area (Å²) in [6, 6.07) is 2.72. The Hall–Kier alpha value is 0.0500. The maximum Gasteiger partial charge on any atom is 0.168 e. The van der Waals surface area contributed by atoms with Gasteiger partial charge in [-0.2, -0.15) is 0 Å². The highest BCUT2D eigenvalue weighted by Crippen LogP contribution is 2.27. The Kier molecular flexibility index (Phi) is 3.87. The van der Waals surface area contributed by atoms with E-state index in [4.69, 9.17) is 5.73 Å². The first kappa shape index (κ1) is 11.1. The molecule has 0 heterocycles. The highest BCUT2D eigenvalue weighted by Gasteiger charge is 2.06. The number of benzene rings is 1. The van der Waals surface area contributed by atoms with Gasteiger partial charge in [0.05, 0.1) is 9.26 Å². The van der Waals surface area contributed by atoms with Crippen LogP contribution in [-0.4, -0.2) is 5.11 Å². The number of nitrogens with one attached hydrogen (secondary N) is 1. The maximum absolute atomic E-state index is 12.9. The highest BCUT2D eigenvalue weighted by molar-refractivity contribution is 14.1.